The van der Waals surface area contributed by atoms with Crippen LogP contribution in [0.2, 0.25) is 0 Å². The monoisotopic (exact) mass is 302 g/mol. The topological polar surface area (TPSA) is 68.0 Å². The molecular formula is C15H22N6O. The molecule has 0 spiro atoms. The van der Waals surface area contributed by atoms with Crippen LogP contribution in [0.4, 0.5) is 0 Å². The number of piperidine rings is 1. The quantitative estimate of drug-likeness (QED) is 0.885. The van der Waals surface area contributed by atoms with Gasteiger partial charge in [0.15, 0.2) is 0 Å². The summed E-state index contributed by atoms with van der Waals surface area (Å²) in [6.45, 7) is 2.21. The summed E-state index contributed by atoms with van der Waals surface area (Å²) in [7, 11) is 3.73. The Morgan fingerprint density at radius 1 is 1.41 bits per heavy atom. The average molecular weight is 302 g/mol. The first-order valence-electron chi connectivity index (χ1n) is 7.56. The molecule has 118 valence electrons. The lowest BCUT2D eigenvalue weighted by molar-refractivity contribution is -0.142. The van der Waals surface area contributed by atoms with Gasteiger partial charge < -0.3 is 10.2 Å². The summed E-state index contributed by atoms with van der Waals surface area (Å²) >= 11 is 0. The molecule has 0 atom stereocenters. The zero-order valence-corrected chi connectivity index (χ0v) is 13.1. The fourth-order valence-corrected chi connectivity index (χ4v) is 3.16. The van der Waals surface area contributed by atoms with Crippen LogP contribution in [0, 0.1) is 0 Å². The van der Waals surface area contributed by atoms with E-state index in [1.807, 2.05) is 37.2 Å². The van der Waals surface area contributed by atoms with Gasteiger partial charge in [0.1, 0.15) is 5.54 Å². The molecule has 2 aromatic rings. The van der Waals surface area contributed by atoms with Crippen molar-refractivity contribution in [3.05, 3.63) is 36.4 Å². The first-order chi connectivity index (χ1) is 10.6. The van der Waals surface area contributed by atoms with Crippen molar-refractivity contribution in [1.29, 1.82) is 0 Å². The first-order valence-corrected chi connectivity index (χ1v) is 7.56. The van der Waals surface area contributed by atoms with Gasteiger partial charge in [-0.15, -0.1) is 0 Å². The van der Waals surface area contributed by atoms with Gasteiger partial charge in [-0.1, -0.05) is 0 Å². The van der Waals surface area contributed by atoms with Crippen molar-refractivity contribution in [2.45, 2.75) is 24.9 Å². The molecule has 3 rings (SSSR count). The summed E-state index contributed by atoms with van der Waals surface area (Å²) in [5, 5.41) is 11.8. The third-order valence-corrected chi connectivity index (χ3v) is 4.30. The van der Waals surface area contributed by atoms with E-state index in [1.165, 1.54) is 0 Å². The predicted molar refractivity (Wildman–Crippen MR) is 82.0 cm³/mol. The van der Waals surface area contributed by atoms with Gasteiger partial charge in [-0.05, 0) is 32.0 Å². The molecule has 1 saturated heterocycles. The molecule has 0 saturated carbocycles. The lowest BCUT2D eigenvalue weighted by Crippen LogP contribution is -2.54. The summed E-state index contributed by atoms with van der Waals surface area (Å²) in [6, 6.07) is 1.87. The number of nitrogens with zero attached hydrogens (tertiary/aromatic N) is 5. The molecule has 22 heavy (non-hydrogen) atoms. The van der Waals surface area contributed by atoms with E-state index in [0.29, 0.717) is 6.54 Å². The summed E-state index contributed by atoms with van der Waals surface area (Å²) in [5.41, 5.74) is 0.453. The van der Waals surface area contributed by atoms with Crippen molar-refractivity contribution < 1.29 is 4.79 Å². The Labute approximate surface area is 129 Å². The number of carbonyl (C=O) groups excluding carboxylic acids is 1. The van der Waals surface area contributed by atoms with Crippen LogP contribution >= 0.6 is 0 Å². The van der Waals surface area contributed by atoms with Gasteiger partial charge in [0.25, 0.3) is 5.91 Å². The van der Waals surface area contributed by atoms with E-state index in [9.17, 15) is 4.79 Å². The number of aromatic nitrogens is 4. The number of amides is 1. The maximum absolute atomic E-state index is 13.1. The van der Waals surface area contributed by atoms with Gasteiger partial charge >= 0.3 is 0 Å². The Kier molecular flexibility index (Phi) is 3.98. The highest BCUT2D eigenvalue weighted by Gasteiger charge is 2.43. The van der Waals surface area contributed by atoms with Gasteiger partial charge in [-0.25, -0.2) is 0 Å². The summed E-state index contributed by atoms with van der Waals surface area (Å²) < 4.78 is 3.58. The Bertz CT molecular complexity index is 626. The van der Waals surface area contributed by atoms with Crippen LogP contribution in [-0.4, -0.2) is 50.5 Å². The zero-order valence-electron chi connectivity index (χ0n) is 13.1. The molecule has 2 aromatic heterocycles. The van der Waals surface area contributed by atoms with Crippen LogP contribution in [0.5, 0.6) is 0 Å². The van der Waals surface area contributed by atoms with Crippen molar-refractivity contribution in [1.82, 2.24) is 29.8 Å². The van der Waals surface area contributed by atoms with Crippen LogP contribution in [0.1, 0.15) is 18.4 Å². The van der Waals surface area contributed by atoms with Crippen LogP contribution in [0.3, 0.4) is 0 Å². The molecule has 0 bridgehead atoms. The molecule has 0 unspecified atom stereocenters. The van der Waals surface area contributed by atoms with Crippen molar-refractivity contribution in [2.75, 3.05) is 20.1 Å². The van der Waals surface area contributed by atoms with E-state index in [2.05, 4.69) is 15.5 Å². The van der Waals surface area contributed by atoms with E-state index in [0.717, 1.165) is 31.5 Å². The number of hydrogen-bond acceptors (Lipinski definition) is 4. The average Bonchev–Trinajstić information content (AvgIpc) is 3.19. The van der Waals surface area contributed by atoms with E-state index in [-0.39, 0.29) is 5.91 Å². The Morgan fingerprint density at radius 2 is 2.18 bits per heavy atom. The standard InChI is InChI=1S/C15H22N6O/c1-19(11-13-10-18-20(2)12-13)14(22)15(4-7-16-8-5-15)21-9-3-6-17-21/h3,6,9-10,12,16H,4-5,7-8,11H2,1-2H3. The van der Waals surface area contributed by atoms with Gasteiger partial charge in [0, 0.05) is 44.8 Å². The lowest BCUT2D eigenvalue weighted by atomic mass is 9.87. The number of nitrogens with one attached hydrogen (secondary N) is 1. The van der Waals surface area contributed by atoms with E-state index in [1.54, 1.807) is 22.0 Å². The Hall–Kier alpha value is -2.15. The minimum absolute atomic E-state index is 0.113. The summed E-state index contributed by atoms with van der Waals surface area (Å²) in [6.07, 6.45) is 8.87. The summed E-state index contributed by atoms with van der Waals surface area (Å²) in [5.74, 6) is 0.113. The highest BCUT2D eigenvalue weighted by Crippen LogP contribution is 2.29. The number of aryl methyl sites for hydroxylation is 1. The second-order valence-electron chi connectivity index (χ2n) is 5.92. The van der Waals surface area contributed by atoms with Crippen molar-refractivity contribution >= 4 is 5.91 Å². The molecule has 1 N–H and O–H groups in total. The lowest BCUT2D eigenvalue weighted by Gasteiger charge is -2.39. The van der Waals surface area contributed by atoms with E-state index >= 15 is 0 Å². The zero-order chi connectivity index (χ0) is 15.6. The molecule has 1 fully saturated rings. The minimum atomic E-state index is -0.578. The Balaban J connectivity index is 1.83. The highest BCUT2D eigenvalue weighted by molar-refractivity contribution is 5.84. The van der Waals surface area contributed by atoms with Crippen LogP contribution < -0.4 is 5.32 Å². The fourth-order valence-electron chi connectivity index (χ4n) is 3.16. The van der Waals surface area contributed by atoms with Crippen LogP contribution in [-0.2, 0) is 23.9 Å². The second-order valence-corrected chi connectivity index (χ2v) is 5.92. The third kappa shape index (κ3) is 2.64. The second kappa shape index (κ2) is 5.92. The van der Waals surface area contributed by atoms with Crippen LogP contribution in [0.15, 0.2) is 30.9 Å². The molecule has 3 heterocycles. The highest BCUT2D eigenvalue weighted by atomic mass is 16.2. The molecule has 1 amide bonds. The Morgan fingerprint density at radius 3 is 2.77 bits per heavy atom. The van der Waals surface area contributed by atoms with Gasteiger partial charge in [-0.2, -0.15) is 10.2 Å². The molecule has 0 aliphatic carbocycles. The SMILES string of the molecule is CN(Cc1cnn(C)c1)C(=O)C1(n2cccn2)CCNCC1. The smallest absolute Gasteiger partial charge is 0.250 e. The number of hydrogen-bond donors (Lipinski definition) is 1. The van der Waals surface area contributed by atoms with E-state index in [4.69, 9.17) is 0 Å². The molecule has 1 aliphatic heterocycles. The number of rotatable bonds is 4. The van der Waals surface area contributed by atoms with Crippen molar-refractivity contribution in [3.8, 4) is 0 Å². The molecule has 7 nitrogen and oxygen atoms in total. The van der Waals surface area contributed by atoms with Gasteiger partial charge in [-0.3, -0.25) is 14.2 Å². The maximum atomic E-state index is 13.1. The van der Waals surface area contributed by atoms with Gasteiger partial charge in [0.05, 0.1) is 6.20 Å². The first kappa shape index (κ1) is 14.8. The normalized spacial score (nSPS) is 17.4. The predicted octanol–water partition coefficient (Wildman–Crippen LogP) is 0.354. The molecule has 0 aromatic carbocycles. The summed E-state index contributed by atoms with van der Waals surface area (Å²) in [4.78, 5) is 14.9. The van der Waals surface area contributed by atoms with Crippen molar-refractivity contribution in [3.63, 3.8) is 0 Å². The van der Waals surface area contributed by atoms with Gasteiger partial charge in [0.2, 0.25) is 0 Å². The van der Waals surface area contributed by atoms with Crippen molar-refractivity contribution in [2.24, 2.45) is 7.05 Å². The molecule has 1 aliphatic rings. The minimum Gasteiger partial charge on any atom is -0.339 e. The maximum Gasteiger partial charge on any atom is 0.250 e. The van der Waals surface area contributed by atoms with E-state index < -0.39 is 5.54 Å². The molecule has 7 heteroatoms. The fraction of sp³-hybridized carbons (Fsp3) is 0.533. The van der Waals surface area contributed by atoms with Crippen LogP contribution in [0.25, 0.3) is 0 Å². The largest absolute Gasteiger partial charge is 0.339 e. The number of likely N-dealkylation sites (N-methyl/N-ethyl adjacent to an activating group) is 1. The molecule has 0 radical (unpaired) electrons. The molecular weight excluding hydrogens is 280 g/mol. The third-order valence-electron chi connectivity index (χ3n) is 4.30. The number of carbonyl (C=O) groups is 1.